The largest absolute Gasteiger partial charge is 0.504 e. The number of carbonyl (C=O) groups is 1. The maximum absolute atomic E-state index is 13.7. The topological polar surface area (TPSA) is 55.8 Å². The molecule has 1 N–H and O–H groups in total. The number of ketones is 1. The number of halogens is 12. The number of aromatic hydroxyl groups is 1. The molecule has 0 fully saturated rings. The smallest absolute Gasteiger partial charge is 0.426 e. The van der Waals surface area contributed by atoms with E-state index in [1.807, 2.05) is 0 Å². The van der Waals surface area contributed by atoms with Gasteiger partial charge in [0.1, 0.15) is 6.61 Å². The first-order valence-corrected chi connectivity index (χ1v) is 10.2. The van der Waals surface area contributed by atoms with Crippen LogP contribution in [0.3, 0.4) is 0 Å². The van der Waals surface area contributed by atoms with Crippen molar-refractivity contribution >= 4 is 5.78 Å². The van der Waals surface area contributed by atoms with Crippen LogP contribution in [0, 0.1) is 0 Å². The number of carbonyl (C=O) groups excluding carboxylic acids is 1. The van der Waals surface area contributed by atoms with Gasteiger partial charge in [-0.25, -0.2) is 4.39 Å². The van der Waals surface area contributed by atoms with Crippen LogP contribution in [-0.4, -0.2) is 60.3 Å². The number of phenols is 1. The van der Waals surface area contributed by atoms with E-state index < -0.39 is 73.1 Å². The number of hydrogen-bond donors (Lipinski definition) is 1. The molecule has 0 aliphatic heterocycles. The van der Waals surface area contributed by atoms with Gasteiger partial charge in [0.15, 0.2) is 23.5 Å². The molecule has 2 aromatic rings. The van der Waals surface area contributed by atoms with Crippen LogP contribution in [0.15, 0.2) is 48.5 Å². The van der Waals surface area contributed by atoms with Gasteiger partial charge in [0, 0.05) is 5.56 Å². The zero-order valence-corrected chi connectivity index (χ0v) is 18.5. The van der Waals surface area contributed by atoms with Gasteiger partial charge in [-0.05, 0) is 12.1 Å². The summed E-state index contributed by atoms with van der Waals surface area (Å²) < 4.78 is 166. The van der Waals surface area contributed by atoms with Crippen LogP contribution in [-0.2, 0) is 4.74 Å². The quantitative estimate of drug-likeness (QED) is 0.173. The predicted molar refractivity (Wildman–Crippen MR) is 105 cm³/mol. The molecule has 0 spiro atoms. The van der Waals surface area contributed by atoms with Crippen LogP contribution in [0.2, 0.25) is 0 Å². The lowest BCUT2D eigenvalue weighted by Gasteiger charge is -2.37. The van der Waals surface area contributed by atoms with E-state index in [9.17, 15) is 62.6 Å². The molecule has 0 aliphatic rings. The Kier molecular flexibility index (Phi) is 8.91. The van der Waals surface area contributed by atoms with Gasteiger partial charge in [0.25, 0.3) is 0 Å². The molecule has 212 valence electrons. The number of alkyl halides is 12. The molecule has 16 heteroatoms. The van der Waals surface area contributed by atoms with E-state index in [1.165, 1.54) is 24.3 Å². The summed E-state index contributed by atoms with van der Waals surface area (Å²) in [5, 5.41) is 10.2. The predicted octanol–water partition coefficient (Wildman–Crippen LogP) is 6.81. The molecular formula is C22H16F12O4. The van der Waals surface area contributed by atoms with Crippen molar-refractivity contribution in [3.05, 3.63) is 59.7 Å². The number of ether oxygens (including phenoxy) is 2. The third-order valence-electron chi connectivity index (χ3n) is 4.89. The van der Waals surface area contributed by atoms with Crippen molar-refractivity contribution in [3.63, 3.8) is 0 Å². The van der Waals surface area contributed by atoms with Crippen LogP contribution in [0.25, 0.3) is 0 Å². The maximum atomic E-state index is 13.7. The fraction of sp³-hybridized carbons (Fsp3) is 0.409. The fourth-order valence-corrected chi connectivity index (χ4v) is 2.90. The first-order chi connectivity index (χ1) is 17.3. The van der Waals surface area contributed by atoms with E-state index in [0.717, 1.165) is 18.2 Å². The molecule has 0 aromatic heterocycles. The fourth-order valence-electron chi connectivity index (χ4n) is 2.90. The van der Waals surface area contributed by atoms with Gasteiger partial charge < -0.3 is 14.6 Å². The SMILES string of the molecule is O=C(c1ccccc1)c1cccc(OCCOC(F)(F)C(F)(F)C(F)(F)C(F)(F)C(F)CC(F)(F)F)c1O. The Morgan fingerprint density at radius 3 is 1.92 bits per heavy atom. The van der Waals surface area contributed by atoms with E-state index in [1.54, 1.807) is 6.07 Å². The average molecular weight is 572 g/mol. The minimum atomic E-state index is -7.33. The molecule has 38 heavy (non-hydrogen) atoms. The second-order valence-corrected chi connectivity index (χ2v) is 7.62. The number of benzene rings is 2. The minimum Gasteiger partial charge on any atom is -0.504 e. The molecule has 2 rings (SSSR count). The Bertz CT molecular complexity index is 1100. The summed E-state index contributed by atoms with van der Waals surface area (Å²) in [6.07, 6.45) is -20.6. The Balaban J connectivity index is 2.10. The highest BCUT2D eigenvalue weighted by Crippen LogP contribution is 2.55. The van der Waals surface area contributed by atoms with Crippen molar-refractivity contribution in [2.45, 2.75) is 42.6 Å². The maximum Gasteiger partial charge on any atom is 0.426 e. The molecule has 0 amide bonds. The van der Waals surface area contributed by atoms with Crippen LogP contribution in [0.4, 0.5) is 52.7 Å². The number of hydrogen-bond acceptors (Lipinski definition) is 4. The lowest BCUT2D eigenvalue weighted by atomic mass is 9.97. The summed E-state index contributed by atoms with van der Waals surface area (Å²) in [5.41, 5.74) is -0.221. The number of para-hydroxylation sites is 1. The lowest BCUT2D eigenvalue weighted by molar-refractivity contribution is -0.433. The number of phenolic OH excluding ortho intramolecular Hbond substituents is 1. The van der Waals surface area contributed by atoms with Crippen molar-refractivity contribution in [2.75, 3.05) is 13.2 Å². The third kappa shape index (κ3) is 6.27. The van der Waals surface area contributed by atoms with E-state index in [2.05, 4.69) is 4.74 Å². The molecule has 0 saturated heterocycles. The highest BCUT2D eigenvalue weighted by Gasteiger charge is 2.83. The van der Waals surface area contributed by atoms with Crippen molar-refractivity contribution in [3.8, 4) is 11.5 Å². The normalized spacial score (nSPS) is 14.3. The summed E-state index contributed by atoms with van der Waals surface area (Å²) in [4.78, 5) is 12.4. The lowest BCUT2D eigenvalue weighted by Crippen LogP contribution is -2.65. The molecule has 2 aromatic carbocycles. The summed E-state index contributed by atoms with van der Waals surface area (Å²) in [7, 11) is 0. The molecular weight excluding hydrogens is 556 g/mol. The molecule has 0 radical (unpaired) electrons. The first-order valence-electron chi connectivity index (χ1n) is 10.2. The molecule has 0 bridgehead atoms. The van der Waals surface area contributed by atoms with Gasteiger partial charge in [-0.15, -0.1) is 0 Å². The zero-order chi connectivity index (χ0) is 29.2. The second-order valence-electron chi connectivity index (χ2n) is 7.62. The summed E-state index contributed by atoms with van der Waals surface area (Å²) in [6.45, 7) is -2.92. The minimum absolute atomic E-state index is 0.119. The number of rotatable bonds is 12. The van der Waals surface area contributed by atoms with E-state index in [0.29, 0.717) is 0 Å². The van der Waals surface area contributed by atoms with Gasteiger partial charge in [-0.3, -0.25) is 4.79 Å². The van der Waals surface area contributed by atoms with Crippen LogP contribution in [0.5, 0.6) is 11.5 Å². The van der Waals surface area contributed by atoms with Gasteiger partial charge in [0.05, 0.1) is 18.6 Å². The van der Waals surface area contributed by atoms with E-state index in [4.69, 9.17) is 4.74 Å². The molecule has 0 saturated carbocycles. The molecule has 1 unspecified atom stereocenters. The zero-order valence-electron chi connectivity index (χ0n) is 18.5. The van der Waals surface area contributed by atoms with Crippen molar-refractivity contribution in [1.29, 1.82) is 0 Å². The monoisotopic (exact) mass is 572 g/mol. The average Bonchev–Trinajstić information content (AvgIpc) is 2.81. The molecule has 0 heterocycles. The van der Waals surface area contributed by atoms with E-state index in [-0.39, 0.29) is 11.1 Å². The van der Waals surface area contributed by atoms with Gasteiger partial charge in [-0.1, -0.05) is 36.4 Å². The summed E-state index contributed by atoms with van der Waals surface area (Å²) in [6, 6.07) is 10.7. The van der Waals surface area contributed by atoms with Gasteiger partial charge in [-0.2, -0.15) is 48.3 Å². The Morgan fingerprint density at radius 2 is 1.37 bits per heavy atom. The van der Waals surface area contributed by atoms with Crippen LogP contribution < -0.4 is 4.74 Å². The molecule has 0 aliphatic carbocycles. The second kappa shape index (κ2) is 10.9. The standard InChI is InChI=1S/C22H16F12O4/c23-15(11-18(24,25)26)19(27,28)20(29,30)21(31,32)22(33,34)38-10-9-37-14-8-4-7-13(17(14)36)16(35)12-5-2-1-3-6-12/h1-8,15,36H,9-11H2. The summed E-state index contributed by atoms with van der Waals surface area (Å²) in [5.74, 6) is -23.5. The Labute approximate surface area is 205 Å². The highest BCUT2D eigenvalue weighted by molar-refractivity contribution is 6.11. The summed E-state index contributed by atoms with van der Waals surface area (Å²) >= 11 is 0. The Morgan fingerprint density at radius 1 is 0.789 bits per heavy atom. The highest BCUT2D eigenvalue weighted by atomic mass is 19.4. The first kappa shape index (κ1) is 31.1. The van der Waals surface area contributed by atoms with Gasteiger partial charge in [0.2, 0.25) is 0 Å². The van der Waals surface area contributed by atoms with Crippen molar-refractivity contribution in [1.82, 2.24) is 0 Å². The van der Waals surface area contributed by atoms with Crippen LogP contribution >= 0.6 is 0 Å². The molecule has 4 nitrogen and oxygen atoms in total. The molecule has 1 atom stereocenters. The van der Waals surface area contributed by atoms with Crippen LogP contribution in [0.1, 0.15) is 22.3 Å². The van der Waals surface area contributed by atoms with Crippen molar-refractivity contribution in [2.24, 2.45) is 0 Å². The van der Waals surface area contributed by atoms with Crippen molar-refractivity contribution < 1.29 is 72.1 Å². The van der Waals surface area contributed by atoms with E-state index >= 15 is 0 Å². The Hall–Kier alpha value is -3.17. The third-order valence-corrected chi connectivity index (χ3v) is 4.89. The van der Waals surface area contributed by atoms with Gasteiger partial charge >= 0.3 is 30.1 Å².